The second-order valence-electron chi connectivity index (χ2n) is 6.40. The predicted octanol–water partition coefficient (Wildman–Crippen LogP) is 3.11. The summed E-state index contributed by atoms with van der Waals surface area (Å²) >= 11 is 0. The molecule has 1 fully saturated rings. The van der Waals surface area contributed by atoms with Gasteiger partial charge in [0.25, 0.3) is 11.8 Å². The molecule has 0 radical (unpaired) electrons. The van der Waals surface area contributed by atoms with Crippen molar-refractivity contribution in [3.8, 4) is 11.5 Å². The highest BCUT2D eigenvalue weighted by Gasteiger charge is 2.34. The number of amides is 2. The molecule has 1 saturated heterocycles. The molecule has 1 aliphatic rings. The molecule has 0 saturated carbocycles. The summed E-state index contributed by atoms with van der Waals surface area (Å²) in [4.78, 5) is 37.1. The lowest BCUT2D eigenvalue weighted by Crippen LogP contribution is -2.35. The molecule has 1 aromatic heterocycles. The van der Waals surface area contributed by atoms with E-state index >= 15 is 0 Å². The number of furan rings is 1. The zero-order valence-corrected chi connectivity index (χ0v) is 16.1. The van der Waals surface area contributed by atoms with Crippen LogP contribution in [0.2, 0.25) is 0 Å². The number of anilines is 1. The summed E-state index contributed by atoms with van der Waals surface area (Å²) < 4.78 is 29.0. The van der Waals surface area contributed by atoms with E-state index < -0.39 is 23.6 Å². The fourth-order valence-electron chi connectivity index (χ4n) is 2.92. The molecular formula is C22H15FN2O6. The van der Waals surface area contributed by atoms with Crippen LogP contribution < -0.4 is 19.9 Å². The first kappa shape index (κ1) is 19.9. The average Bonchev–Trinajstić information content (AvgIpc) is 3.39. The van der Waals surface area contributed by atoms with Gasteiger partial charge >= 0.3 is 5.97 Å². The van der Waals surface area contributed by atoms with E-state index in [1.54, 1.807) is 12.1 Å². The molecule has 0 atom stereocenters. The van der Waals surface area contributed by atoms with Crippen LogP contribution in [0, 0.1) is 5.82 Å². The normalized spacial score (nSPS) is 14.6. The lowest BCUT2D eigenvalue weighted by atomic mass is 10.1. The molecule has 2 aromatic carbocycles. The third-order valence-corrected chi connectivity index (χ3v) is 4.38. The first-order valence-corrected chi connectivity index (χ1v) is 9.02. The number of rotatable bonds is 5. The lowest BCUT2D eigenvalue weighted by molar-refractivity contribution is -0.117. The van der Waals surface area contributed by atoms with E-state index in [4.69, 9.17) is 13.9 Å². The Bertz CT molecular complexity index is 1200. The Kier molecular flexibility index (Phi) is 5.23. The first-order chi connectivity index (χ1) is 15.0. The highest BCUT2D eigenvalue weighted by molar-refractivity contribution is 6.31. The molecule has 9 heteroatoms. The highest BCUT2D eigenvalue weighted by atomic mass is 19.1. The predicted molar refractivity (Wildman–Crippen MR) is 107 cm³/mol. The van der Waals surface area contributed by atoms with E-state index in [2.05, 4.69) is 5.43 Å². The van der Waals surface area contributed by atoms with Crippen molar-refractivity contribution >= 4 is 29.5 Å². The van der Waals surface area contributed by atoms with Crippen molar-refractivity contribution in [3.63, 3.8) is 0 Å². The number of carbonyl (C=O) groups excluding carboxylic acids is 3. The number of hydrazine groups is 1. The second kappa shape index (κ2) is 8.15. The van der Waals surface area contributed by atoms with Gasteiger partial charge in [0.1, 0.15) is 11.4 Å². The van der Waals surface area contributed by atoms with E-state index in [1.165, 1.54) is 55.8 Å². The van der Waals surface area contributed by atoms with Crippen LogP contribution in [0.4, 0.5) is 10.1 Å². The van der Waals surface area contributed by atoms with Gasteiger partial charge < -0.3 is 13.9 Å². The summed E-state index contributed by atoms with van der Waals surface area (Å²) in [6.45, 7) is 0. The summed E-state index contributed by atoms with van der Waals surface area (Å²) in [5.41, 5.74) is 2.90. The van der Waals surface area contributed by atoms with Crippen molar-refractivity contribution < 1.29 is 32.7 Å². The number of methoxy groups -OCH3 is 1. The molecule has 156 valence electrons. The molecule has 3 aromatic rings. The summed E-state index contributed by atoms with van der Waals surface area (Å²) in [7, 11) is 1.38. The van der Waals surface area contributed by atoms with Crippen molar-refractivity contribution in [1.82, 2.24) is 5.43 Å². The molecular weight excluding hydrogens is 407 g/mol. The zero-order chi connectivity index (χ0) is 22.0. The van der Waals surface area contributed by atoms with Gasteiger partial charge in [-0.05, 0) is 54.1 Å². The van der Waals surface area contributed by atoms with Crippen LogP contribution in [0.5, 0.6) is 11.5 Å². The van der Waals surface area contributed by atoms with E-state index in [0.717, 1.165) is 11.1 Å². The van der Waals surface area contributed by atoms with Gasteiger partial charge in [-0.25, -0.2) is 14.2 Å². The average molecular weight is 422 g/mol. The van der Waals surface area contributed by atoms with Crippen LogP contribution in [-0.2, 0) is 9.59 Å². The number of carbonyl (C=O) groups is 3. The highest BCUT2D eigenvalue weighted by Crippen LogP contribution is 2.30. The Morgan fingerprint density at radius 1 is 1.10 bits per heavy atom. The maximum Gasteiger partial charge on any atom is 0.379 e. The number of esters is 1. The van der Waals surface area contributed by atoms with Gasteiger partial charge in [0.2, 0.25) is 5.76 Å². The van der Waals surface area contributed by atoms with Crippen molar-refractivity contribution in [2.45, 2.75) is 0 Å². The van der Waals surface area contributed by atoms with Gasteiger partial charge in [-0.2, -0.15) is 0 Å². The van der Waals surface area contributed by atoms with Crippen LogP contribution >= 0.6 is 0 Å². The zero-order valence-electron chi connectivity index (χ0n) is 16.1. The molecule has 0 aliphatic carbocycles. The monoisotopic (exact) mass is 422 g/mol. The third-order valence-electron chi connectivity index (χ3n) is 4.38. The number of benzene rings is 2. The molecule has 2 amide bonds. The Morgan fingerprint density at radius 2 is 1.94 bits per heavy atom. The molecule has 8 nitrogen and oxygen atoms in total. The molecule has 31 heavy (non-hydrogen) atoms. The fourth-order valence-corrected chi connectivity index (χ4v) is 2.92. The van der Waals surface area contributed by atoms with Gasteiger partial charge in [-0.1, -0.05) is 12.1 Å². The Morgan fingerprint density at radius 3 is 2.65 bits per heavy atom. The van der Waals surface area contributed by atoms with Gasteiger partial charge in [-0.3, -0.25) is 15.0 Å². The summed E-state index contributed by atoms with van der Waals surface area (Å²) in [5.74, 6) is -2.15. The number of nitrogens with one attached hydrogen (secondary N) is 1. The van der Waals surface area contributed by atoms with Crippen LogP contribution in [-0.4, -0.2) is 24.9 Å². The molecule has 1 N–H and O–H groups in total. The molecule has 0 spiro atoms. The van der Waals surface area contributed by atoms with Crippen molar-refractivity contribution in [1.29, 1.82) is 0 Å². The van der Waals surface area contributed by atoms with Gasteiger partial charge in [0.15, 0.2) is 11.5 Å². The minimum absolute atomic E-state index is 0.0268. The van der Waals surface area contributed by atoms with Crippen LogP contribution in [0.1, 0.15) is 16.1 Å². The van der Waals surface area contributed by atoms with Gasteiger partial charge in [0, 0.05) is 0 Å². The smallest absolute Gasteiger partial charge is 0.379 e. The van der Waals surface area contributed by atoms with Crippen molar-refractivity contribution in [2.24, 2.45) is 0 Å². The molecule has 0 unspecified atom stereocenters. The topological polar surface area (TPSA) is 98.1 Å². The first-order valence-electron chi connectivity index (χ1n) is 9.02. The summed E-state index contributed by atoms with van der Waals surface area (Å²) in [5, 5.41) is 0.966. The fraction of sp³-hybridized carbons (Fsp3) is 0.0455. The Balaban J connectivity index is 1.58. The SMILES string of the molecule is COc1cc(/C=C2\C(=O)NN(c3cccc(F)c3)C2=O)ccc1OC(=O)c1ccco1. The van der Waals surface area contributed by atoms with Gasteiger partial charge in [-0.15, -0.1) is 0 Å². The van der Waals surface area contributed by atoms with Gasteiger partial charge in [0.05, 0.1) is 19.1 Å². The number of hydrogen-bond donors (Lipinski definition) is 1. The van der Waals surface area contributed by atoms with E-state index in [-0.39, 0.29) is 28.5 Å². The summed E-state index contributed by atoms with van der Waals surface area (Å²) in [6, 6.07) is 12.8. The number of halogens is 1. The van der Waals surface area contributed by atoms with E-state index in [0.29, 0.717) is 5.56 Å². The standard InChI is InChI=1S/C22H15FN2O6/c1-29-19-11-13(7-8-17(19)31-22(28)18-6-3-9-30-18)10-16-20(26)24-25(21(16)27)15-5-2-4-14(23)12-15/h2-12H,1H3,(H,24,26)/b16-10+. The Hall–Kier alpha value is -4.40. The molecule has 4 rings (SSSR count). The number of nitrogens with zero attached hydrogens (tertiary/aromatic N) is 1. The van der Waals surface area contributed by atoms with E-state index in [9.17, 15) is 18.8 Å². The summed E-state index contributed by atoms with van der Waals surface area (Å²) in [6.07, 6.45) is 2.71. The maximum atomic E-state index is 13.5. The Labute approximate surface area is 175 Å². The quantitative estimate of drug-likeness (QED) is 0.294. The lowest BCUT2D eigenvalue weighted by Gasteiger charge is -2.14. The largest absolute Gasteiger partial charge is 0.493 e. The van der Waals surface area contributed by atoms with Crippen molar-refractivity contribution in [3.05, 3.63) is 83.6 Å². The van der Waals surface area contributed by atoms with Crippen LogP contribution in [0.3, 0.4) is 0 Å². The van der Waals surface area contributed by atoms with Crippen LogP contribution in [0.15, 0.2) is 70.9 Å². The minimum atomic E-state index is -0.703. The van der Waals surface area contributed by atoms with Crippen LogP contribution in [0.25, 0.3) is 6.08 Å². The van der Waals surface area contributed by atoms with E-state index in [1.807, 2.05) is 0 Å². The molecule has 2 heterocycles. The molecule has 1 aliphatic heterocycles. The third kappa shape index (κ3) is 4.01. The number of hydrogen-bond acceptors (Lipinski definition) is 6. The second-order valence-corrected chi connectivity index (χ2v) is 6.40. The van der Waals surface area contributed by atoms with Crippen molar-refractivity contribution in [2.75, 3.05) is 12.1 Å². The maximum absolute atomic E-state index is 13.5. The molecule has 0 bridgehead atoms. The number of ether oxygens (including phenoxy) is 2. The minimum Gasteiger partial charge on any atom is -0.493 e.